The lowest BCUT2D eigenvalue weighted by molar-refractivity contribution is -0.0283. The van der Waals surface area contributed by atoms with Gasteiger partial charge < -0.3 is 10.1 Å². The summed E-state index contributed by atoms with van der Waals surface area (Å²) in [4.78, 5) is 8.61. The van der Waals surface area contributed by atoms with E-state index in [0.717, 1.165) is 50.8 Å². The number of hydrogen-bond donors (Lipinski definition) is 1. The molecule has 1 fully saturated rings. The van der Waals surface area contributed by atoms with Gasteiger partial charge in [0, 0.05) is 24.5 Å². The van der Waals surface area contributed by atoms with Crippen LogP contribution in [-0.2, 0) is 17.7 Å². The first-order chi connectivity index (χ1) is 9.28. The minimum Gasteiger partial charge on any atom is -0.368 e. The van der Waals surface area contributed by atoms with E-state index in [9.17, 15) is 0 Å². The highest BCUT2D eigenvalue weighted by Crippen LogP contribution is 2.29. The molecule has 0 saturated carbocycles. The second-order valence-electron chi connectivity index (χ2n) is 4.81. The van der Waals surface area contributed by atoms with Crippen molar-refractivity contribution in [2.24, 2.45) is 0 Å². The molecule has 4 nitrogen and oxygen atoms in total. The molecule has 1 aliphatic rings. The van der Waals surface area contributed by atoms with Crippen LogP contribution in [0.4, 0.5) is 0 Å². The van der Waals surface area contributed by atoms with Gasteiger partial charge in [0.05, 0.1) is 12.3 Å². The van der Waals surface area contributed by atoms with E-state index in [1.807, 2.05) is 11.3 Å². The van der Waals surface area contributed by atoms with Crippen LogP contribution in [0.25, 0.3) is 0 Å². The fourth-order valence-corrected chi connectivity index (χ4v) is 3.50. The van der Waals surface area contributed by atoms with Gasteiger partial charge in [-0.05, 0) is 19.5 Å². The van der Waals surface area contributed by atoms with Crippen LogP contribution in [0.1, 0.15) is 42.5 Å². The van der Waals surface area contributed by atoms with Gasteiger partial charge in [0.1, 0.15) is 11.1 Å². The van der Waals surface area contributed by atoms with E-state index >= 15 is 0 Å². The third-order valence-electron chi connectivity index (χ3n) is 3.54. The first kappa shape index (κ1) is 14.9. The molecular formula is C14H25N3OS. The zero-order chi connectivity index (χ0) is 13.7. The summed E-state index contributed by atoms with van der Waals surface area (Å²) in [5, 5.41) is 4.55. The monoisotopic (exact) mass is 283 g/mol. The van der Waals surface area contributed by atoms with Crippen LogP contribution in [0.15, 0.2) is 0 Å². The molecule has 1 atom stereocenters. The predicted molar refractivity (Wildman–Crippen MR) is 79.7 cm³/mol. The predicted octanol–water partition coefficient (Wildman–Crippen LogP) is 2.21. The molecule has 1 unspecified atom stereocenters. The molecule has 19 heavy (non-hydrogen) atoms. The Hall–Kier alpha value is -0.490. The lowest BCUT2D eigenvalue weighted by Gasteiger charge is -2.30. The van der Waals surface area contributed by atoms with Crippen molar-refractivity contribution in [3.05, 3.63) is 15.6 Å². The van der Waals surface area contributed by atoms with Gasteiger partial charge in [0.25, 0.3) is 0 Å². The Morgan fingerprint density at radius 3 is 2.95 bits per heavy atom. The molecule has 1 aromatic rings. The number of ether oxygens (including phenoxy) is 1. The molecule has 1 aromatic heterocycles. The number of likely N-dealkylation sites (N-methyl/N-ethyl adjacent to an activating group) is 1. The summed E-state index contributed by atoms with van der Waals surface area (Å²) in [5.74, 6) is 0. The number of aryl methyl sites for hydroxylation is 1. The molecule has 108 valence electrons. The fourth-order valence-electron chi connectivity index (χ4n) is 2.33. The summed E-state index contributed by atoms with van der Waals surface area (Å²) in [6.07, 6.45) is 1.17. The van der Waals surface area contributed by atoms with Gasteiger partial charge in [0.15, 0.2) is 0 Å². The van der Waals surface area contributed by atoms with E-state index in [2.05, 4.69) is 31.0 Å². The highest BCUT2D eigenvalue weighted by atomic mass is 32.1. The van der Waals surface area contributed by atoms with E-state index in [1.54, 1.807) is 0 Å². The lowest BCUT2D eigenvalue weighted by atomic mass is 10.2. The normalized spacial score (nSPS) is 20.9. The van der Waals surface area contributed by atoms with Crippen molar-refractivity contribution in [1.82, 2.24) is 15.2 Å². The van der Waals surface area contributed by atoms with E-state index in [0.29, 0.717) is 0 Å². The van der Waals surface area contributed by atoms with Crippen LogP contribution in [-0.4, -0.2) is 42.7 Å². The average molecular weight is 283 g/mol. The smallest absolute Gasteiger partial charge is 0.123 e. The Kier molecular flexibility index (Phi) is 5.76. The molecule has 2 heterocycles. The maximum Gasteiger partial charge on any atom is 0.123 e. The second-order valence-corrected chi connectivity index (χ2v) is 5.92. The third-order valence-corrected chi connectivity index (χ3v) is 4.73. The third kappa shape index (κ3) is 3.75. The summed E-state index contributed by atoms with van der Waals surface area (Å²) < 4.78 is 5.90. The van der Waals surface area contributed by atoms with Crippen molar-refractivity contribution in [2.45, 2.75) is 39.8 Å². The van der Waals surface area contributed by atoms with Crippen molar-refractivity contribution >= 4 is 11.3 Å². The maximum atomic E-state index is 5.90. The number of morpholine rings is 1. The SMILES string of the molecule is CCNCc1sc(C2CN(CC)CCO2)nc1CC. The molecule has 0 aromatic carbocycles. The highest BCUT2D eigenvalue weighted by molar-refractivity contribution is 7.11. The van der Waals surface area contributed by atoms with Gasteiger partial charge in [-0.2, -0.15) is 0 Å². The molecule has 0 radical (unpaired) electrons. The Labute approximate surface area is 120 Å². The minimum absolute atomic E-state index is 0.166. The number of nitrogens with zero attached hydrogens (tertiary/aromatic N) is 2. The maximum absolute atomic E-state index is 5.90. The van der Waals surface area contributed by atoms with E-state index in [-0.39, 0.29) is 6.10 Å². The summed E-state index contributed by atoms with van der Waals surface area (Å²) in [5.41, 5.74) is 1.23. The number of hydrogen-bond acceptors (Lipinski definition) is 5. The van der Waals surface area contributed by atoms with Gasteiger partial charge in [-0.3, -0.25) is 4.90 Å². The zero-order valence-electron chi connectivity index (χ0n) is 12.2. The van der Waals surface area contributed by atoms with Crippen molar-refractivity contribution in [3.8, 4) is 0 Å². The van der Waals surface area contributed by atoms with E-state index in [4.69, 9.17) is 9.72 Å². The van der Waals surface area contributed by atoms with Crippen LogP contribution in [0.5, 0.6) is 0 Å². The van der Waals surface area contributed by atoms with Gasteiger partial charge in [-0.1, -0.05) is 20.8 Å². The fraction of sp³-hybridized carbons (Fsp3) is 0.786. The molecule has 2 rings (SSSR count). The summed E-state index contributed by atoms with van der Waals surface area (Å²) in [6.45, 7) is 12.4. The average Bonchev–Trinajstić information content (AvgIpc) is 2.88. The number of nitrogens with one attached hydrogen (secondary N) is 1. The van der Waals surface area contributed by atoms with Gasteiger partial charge >= 0.3 is 0 Å². The van der Waals surface area contributed by atoms with E-state index in [1.165, 1.54) is 10.6 Å². The molecule has 1 saturated heterocycles. The molecule has 1 aliphatic heterocycles. The standard InChI is InChI=1S/C14H25N3OS/c1-4-11-13(9-15-5-2)19-14(16-11)12-10-17(6-3)7-8-18-12/h12,15H,4-10H2,1-3H3. The zero-order valence-corrected chi connectivity index (χ0v) is 13.1. The number of thiazole rings is 1. The Balaban J connectivity index is 2.08. The van der Waals surface area contributed by atoms with Crippen molar-refractivity contribution in [2.75, 3.05) is 32.8 Å². The second kappa shape index (κ2) is 7.33. The van der Waals surface area contributed by atoms with E-state index < -0.39 is 0 Å². The first-order valence-corrected chi connectivity index (χ1v) is 8.13. The molecule has 0 spiro atoms. The van der Waals surface area contributed by atoms with Gasteiger partial charge in [-0.25, -0.2) is 4.98 Å². The molecule has 0 bridgehead atoms. The molecule has 0 aliphatic carbocycles. The lowest BCUT2D eigenvalue weighted by Crippen LogP contribution is -2.38. The van der Waals surface area contributed by atoms with Gasteiger partial charge in [0.2, 0.25) is 0 Å². The van der Waals surface area contributed by atoms with Crippen molar-refractivity contribution in [1.29, 1.82) is 0 Å². The largest absolute Gasteiger partial charge is 0.368 e. The highest BCUT2D eigenvalue weighted by Gasteiger charge is 2.24. The summed E-state index contributed by atoms with van der Waals surface area (Å²) in [6, 6.07) is 0. The molecule has 1 N–H and O–H groups in total. The number of rotatable bonds is 6. The molecular weight excluding hydrogens is 258 g/mol. The van der Waals surface area contributed by atoms with Crippen LogP contribution in [0.2, 0.25) is 0 Å². The Bertz CT molecular complexity index is 394. The topological polar surface area (TPSA) is 37.4 Å². The van der Waals surface area contributed by atoms with Crippen molar-refractivity contribution in [3.63, 3.8) is 0 Å². The van der Waals surface area contributed by atoms with Crippen LogP contribution in [0.3, 0.4) is 0 Å². The first-order valence-electron chi connectivity index (χ1n) is 7.31. The number of aromatic nitrogens is 1. The summed E-state index contributed by atoms with van der Waals surface area (Å²) in [7, 11) is 0. The van der Waals surface area contributed by atoms with Crippen LogP contribution < -0.4 is 5.32 Å². The van der Waals surface area contributed by atoms with Gasteiger partial charge in [-0.15, -0.1) is 11.3 Å². The molecule has 5 heteroatoms. The van der Waals surface area contributed by atoms with Crippen LogP contribution in [0, 0.1) is 0 Å². The van der Waals surface area contributed by atoms with Crippen molar-refractivity contribution < 1.29 is 4.74 Å². The Morgan fingerprint density at radius 1 is 1.42 bits per heavy atom. The van der Waals surface area contributed by atoms with Crippen LogP contribution >= 0.6 is 11.3 Å². The molecule has 0 amide bonds. The Morgan fingerprint density at radius 2 is 2.26 bits per heavy atom. The quantitative estimate of drug-likeness (QED) is 0.868. The summed E-state index contributed by atoms with van der Waals surface area (Å²) >= 11 is 1.82. The minimum atomic E-state index is 0.166.